The molecule has 1 fully saturated rings. The number of rotatable bonds is 7. The van der Waals surface area contributed by atoms with E-state index in [9.17, 15) is 8.42 Å². The first-order valence-corrected chi connectivity index (χ1v) is 12.3. The van der Waals surface area contributed by atoms with E-state index >= 15 is 0 Å². The van der Waals surface area contributed by atoms with Gasteiger partial charge in [0.05, 0.1) is 24.8 Å². The summed E-state index contributed by atoms with van der Waals surface area (Å²) in [5, 5.41) is 2.97. The van der Waals surface area contributed by atoms with E-state index in [1.54, 1.807) is 54.1 Å². The predicted octanol–water partition coefficient (Wildman–Crippen LogP) is 3.33. The van der Waals surface area contributed by atoms with Crippen LogP contribution < -0.4 is 9.47 Å². The summed E-state index contributed by atoms with van der Waals surface area (Å²) < 4.78 is 37.8. The van der Waals surface area contributed by atoms with Crippen LogP contribution in [0.2, 0.25) is 0 Å². The van der Waals surface area contributed by atoms with E-state index in [1.807, 2.05) is 24.3 Å². The van der Waals surface area contributed by atoms with Crippen LogP contribution >= 0.6 is 11.3 Å². The summed E-state index contributed by atoms with van der Waals surface area (Å²) in [4.78, 5) is 7.36. The van der Waals surface area contributed by atoms with E-state index in [-0.39, 0.29) is 0 Å². The maximum atomic E-state index is 12.8. The molecule has 1 aromatic heterocycles. The molecule has 0 bridgehead atoms. The fourth-order valence-electron chi connectivity index (χ4n) is 3.58. The molecule has 0 saturated carbocycles. The van der Waals surface area contributed by atoms with E-state index in [0.717, 1.165) is 16.3 Å². The molecule has 0 unspecified atom stereocenters. The Balaban J connectivity index is 1.38. The maximum Gasteiger partial charge on any atom is 0.243 e. The van der Waals surface area contributed by atoms with Crippen molar-refractivity contribution in [1.82, 2.24) is 14.2 Å². The summed E-state index contributed by atoms with van der Waals surface area (Å²) >= 11 is 1.59. The zero-order valence-electron chi connectivity index (χ0n) is 17.5. The number of nitrogens with zero attached hydrogens (tertiary/aromatic N) is 3. The highest BCUT2D eigenvalue weighted by Gasteiger charge is 2.28. The van der Waals surface area contributed by atoms with Crippen LogP contribution in [0, 0.1) is 0 Å². The van der Waals surface area contributed by atoms with Gasteiger partial charge in [0, 0.05) is 43.7 Å². The standard InChI is InChI=1S/C22H25N3O4S2/c1-28-20-9-8-17(14-21(20)29-2)22-23-18(16-30-22)15-24-10-12-25(13-11-24)31(26,27)19-6-4-3-5-7-19/h3-9,14,16H,10-13,15H2,1-2H3. The molecule has 3 aromatic rings. The zero-order valence-corrected chi connectivity index (χ0v) is 19.2. The van der Waals surface area contributed by atoms with Gasteiger partial charge in [-0.2, -0.15) is 4.31 Å². The molecular weight excluding hydrogens is 434 g/mol. The Bertz CT molecular complexity index is 1120. The van der Waals surface area contributed by atoms with Gasteiger partial charge in [-0.3, -0.25) is 4.90 Å². The molecule has 2 heterocycles. The smallest absolute Gasteiger partial charge is 0.243 e. The highest BCUT2D eigenvalue weighted by atomic mass is 32.2. The number of piperazine rings is 1. The quantitative estimate of drug-likeness (QED) is 0.540. The number of thiazole rings is 1. The molecule has 2 aromatic carbocycles. The minimum absolute atomic E-state index is 0.350. The van der Waals surface area contributed by atoms with Crippen molar-refractivity contribution in [3.8, 4) is 22.1 Å². The molecule has 0 atom stereocenters. The lowest BCUT2D eigenvalue weighted by atomic mass is 10.2. The lowest BCUT2D eigenvalue weighted by Gasteiger charge is -2.33. The molecule has 0 N–H and O–H groups in total. The summed E-state index contributed by atoms with van der Waals surface area (Å²) in [5.74, 6) is 1.36. The Morgan fingerprint density at radius 3 is 2.35 bits per heavy atom. The van der Waals surface area contributed by atoms with E-state index in [4.69, 9.17) is 14.5 Å². The van der Waals surface area contributed by atoms with Gasteiger partial charge in [-0.1, -0.05) is 18.2 Å². The van der Waals surface area contributed by atoms with Gasteiger partial charge < -0.3 is 9.47 Å². The monoisotopic (exact) mass is 459 g/mol. The normalized spacial score (nSPS) is 15.7. The van der Waals surface area contributed by atoms with Gasteiger partial charge in [-0.25, -0.2) is 13.4 Å². The third-order valence-electron chi connectivity index (χ3n) is 5.28. The largest absolute Gasteiger partial charge is 0.493 e. The molecule has 31 heavy (non-hydrogen) atoms. The van der Waals surface area contributed by atoms with Crippen molar-refractivity contribution in [2.75, 3.05) is 40.4 Å². The molecule has 0 spiro atoms. The van der Waals surface area contributed by atoms with Crippen molar-refractivity contribution in [3.05, 3.63) is 59.6 Å². The number of methoxy groups -OCH3 is 2. The molecule has 9 heteroatoms. The Morgan fingerprint density at radius 1 is 0.968 bits per heavy atom. The lowest BCUT2D eigenvalue weighted by Crippen LogP contribution is -2.48. The Hall–Kier alpha value is -2.46. The van der Waals surface area contributed by atoms with Gasteiger partial charge in [-0.15, -0.1) is 11.3 Å². The Labute approximate surface area is 186 Å². The maximum absolute atomic E-state index is 12.8. The fraction of sp³-hybridized carbons (Fsp3) is 0.318. The van der Waals surface area contributed by atoms with Crippen LogP contribution in [0.25, 0.3) is 10.6 Å². The highest BCUT2D eigenvalue weighted by molar-refractivity contribution is 7.89. The molecule has 4 rings (SSSR count). The summed E-state index contributed by atoms with van der Waals surface area (Å²) in [6.45, 7) is 3.00. The van der Waals surface area contributed by atoms with E-state index in [0.29, 0.717) is 49.1 Å². The summed E-state index contributed by atoms with van der Waals surface area (Å²) in [7, 11) is -0.199. The average molecular weight is 460 g/mol. The van der Waals surface area contributed by atoms with Gasteiger partial charge in [0.25, 0.3) is 0 Å². The number of ether oxygens (including phenoxy) is 2. The summed E-state index contributed by atoms with van der Waals surface area (Å²) in [5.41, 5.74) is 1.96. The first-order valence-electron chi connectivity index (χ1n) is 9.95. The first-order chi connectivity index (χ1) is 15.0. The molecule has 1 aliphatic heterocycles. The van der Waals surface area contributed by atoms with Gasteiger partial charge >= 0.3 is 0 Å². The van der Waals surface area contributed by atoms with Gasteiger partial charge in [0.2, 0.25) is 10.0 Å². The second-order valence-corrected chi connectivity index (χ2v) is 10.0. The molecular formula is C22H25N3O4S2. The van der Waals surface area contributed by atoms with Crippen LogP contribution in [0.1, 0.15) is 5.69 Å². The predicted molar refractivity (Wildman–Crippen MR) is 121 cm³/mol. The minimum Gasteiger partial charge on any atom is -0.493 e. The van der Waals surface area contributed by atoms with Crippen LogP contribution in [-0.4, -0.2) is 63.0 Å². The van der Waals surface area contributed by atoms with Gasteiger partial charge in [-0.05, 0) is 30.3 Å². The van der Waals surface area contributed by atoms with Crippen molar-refractivity contribution in [1.29, 1.82) is 0 Å². The van der Waals surface area contributed by atoms with Crippen LogP contribution in [0.3, 0.4) is 0 Å². The summed E-state index contributed by atoms with van der Waals surface area (Å²) in [6, 6.07) is 14.4. The SMILES string of the molecule is COc1ccc(-c2nc(CN3CCN(S(=O)(=O)c4ccccc4)CC3)cs2)cc1OC. The average Bonchev–Trinajstić information content (AvgIpc) is 3.28. The van der Waals surface area contributed by atoms with E-state index in [2.05, 4.69) is 10.3 Å². The second-order valence-electron chi connectivity index (χ2n) is 7.21. The summed E-state index contributed by atoms with van der Waals surface area (Å²) in [6.07, 6.45) is 0. The second kappa shape index (κ2) is 9.35. The van der Waals surface area contributed by atoms with Gasteiger partial charge in [0.15, 0.2) is 11.5 Å². The molecule has 164 valence electrons. The van der Waals surface area contributed by atoms with Gasteiger partial charge in [0.1, 0.15) is 5.01 Å². The fourth-order valence-corrected chi connectivity index (χ4v) is 5.83. The Kier molecular flexibility index (Phi) is 6.57. The van der Waals surface area contributed by atoms with Crippen LogP contribution in [0.4, 0.5) is 0 Å². The van der Waals surface area contributed by atoms with Crippen molar-refractivity contribution in [2.45, 2.75) is 11.4 Å². The number of hydrogen-bond donors (Lipinski definition) is 0. The minimum atomic E-state index is -3.43. The first kappa shape index (κ1) is 21.8. The third kappa shape index (κ3) is 4.74. The highest BCUT2D eigenvalue weighted by Crippen LogP contribution is 2.33. The van der Waals surface area contributed by atoms with Crippen molar-refractivity contribution in [2.24, 2.45) is 0 Å². The topological polar surface area (TPSA) is 72.0 Å². The lowest BCUT2D eigenvalue weighted by molar-refractivity contribution is 0.180. The van der Waals surface area contributed by atoms with E-state index in [1.165, 1.54) is 0 Å². The number of hydrogen-bond acceptors (Lipinski definition) is 7. The van der Waals surface area contributed by atoms with Crippen LogP contribution in [0.15, 0.2) is 58.8 Å². The number of aromatic nitrogens is 1. The van der Waals surface area contributed by atoms with E-state index < -0.39 is 10.0 Å². The molecule has 0 radical (unpaired) electrons. The van der Waals surface area contributed by atoms with Crippen LogP contribution in [0.5, 0.6) is 11.5 Å². The Morgan fingerprint density at radius 2 is 1.68 bits per heavy atom. The zero-order chi connectivity index (χ0) is 21.8. The molecule has 0 amide bonds. The number of benzene rings is 2. The molecule has 1 saturated heterocycles. The molecule has 1 aliphatic rings. The third-order valence-corrected chi connectivity index (χ3v) is 8.13. The van der Waals surface area contributed by atoms with Crippen LogP contribution in [-0.2, 0) is 16.6 Å². The van der Waals surface area contributed by atoms with Crippen molar-refractivity contribution < 1.29 is 17.9 Å². The molecule has 0 aliphatic carbocycles. The van der Waals surface area contributed by atoms with Crippen molar-refractivity contribution >= 4 is 21.4 Å². The number of sulfonamides is 1. The van der Waals surface area contributed by atoms with Crippen molar-refractivity contribution in [3.63, 3.8) is 0 Å². The molecule has 7 nitrogen and oxygen atoms in total.